The Labute approximate surface area is 130 Å². The van der Waals surface area contributed by atoms with Gasteiger partial charge in [0.1, 0.15) is 11.6 Å². The van der Waals surface area contributed by atoms with Crippen molar-refractivity contribution in [3.05, 3.63) is 34.7 Å². The Morgan fingerprint density at radius 3 is 2.68 bits per heavy atom. The molecule has 0 aliphatic carbocycles. The van der Waals surface area contributed by atoms with Crippen LogP contribution in [0.5, 0.6) is 0 Å². The van der Waals surface area contributed by atoms with Gasteiger partial charge < -0.3 is 10.2 Å². The lowest BCUT2D eigenvalue weighted by Gasteiger charge is -2.44. The molecule has 3 aliphatic heterocycles. The van der Waals surface area contributed by atoms with Gasteiger partial charge in [0.2, 0.25) is 0 Å². The van der Waals surface area contributed by atoms with Gasteiger partial charge in [-0.25, -0.2) is 8.78 Å². The highest BCUT2D eigenvalue weighted by atomic mass is 32.1. The molecule has 3 aliphatic rings. The maximum atomic E-state index is 13.7. The predicted molar refractivity (Wildman–Crippen MR) is 82.2 cm³/mol. The van der Waals surface area contributed by atoms with Gasteiger partial charge in [-0.05, 0) is 49.4 Å². The van der Waals surface area contributed by atoms with E-state index in [1.165, 1.54) is 6.07 Å². The zero-order valence-electron chi connectivity index (χ0n) is 11.9. The molecule has 1 atom stereocenters. The number of hydrogen-bond acceptors (Lipinski definition) is 3. The molecule has 0 spiro atoms. The molecule has 0 unspecified atom stereocenters. The zero-order chi connectivity index (χ0) is 15.3. The molecule has 2 aromatic rings. The number of carbonyl (C=O) groups excluding carboxylic acids is 1. The summed E-state index contributed by atoms with van der Waals surface area (Å²) in [7, 11) is 0. The third-order valence-corrected chi connectivity index (χ3v) is 5.89. The van der Waals surface area contributed by atoms with Crippen LogP contribution in [0.25, 0.3) is 10.1 Å². The lowest BCUT2D eigenvalue weighted by molar-refractivity contribution is 0.0622. The molecule has 0 radical (unpaired) electrons. The number of carbonyl (C=O) groups is 1. The Kier molecular flexibility index (Phi) is 3.38. The van der Waals surface area contributed by atoms with E-state index in [0.717, 1.165) is 49.9 Å². The molecule has 3 nitrogen and oxygen atoms in total. The molecule has 22 heavy (non-hydrogen) atoms. The largest absolute Gasteiger partial charge is 0.347 e. The minimum Gasteiger partial charge on any atom is -0.347 e. The molecule has 1 aromatic carbocycles. The second-order valence-corrected chi connectivity index (χ2v) is 7.19. The van der Waals surface area contributed by atoms with Crippen molar-refractivity contribution >= 4 is 27.3 Å². The highest BCUT2D eigenvalue weighted by molar-refractivity contribution is 7.20. The topological polar surface area (TPSA) is 32.3 Å². The van der Waals surface area contributed by atoms with Crippen LogP contribution < -0.4 is 5.32 Å². The summed E-state index contributed by atoms with van der Waals surface area (Å²) in [5.41, 5.74) is 0. The molecule has 5 rings (SSSR count). The summed E-state index contributed by atoms with van der Waals surface area (Å²) in [6.45, 7) is 3.12. The van der Waals surface area contributed by atoms with Gasteiger partial charge in [-0.15, -0.1) is 11.3 Å². The van der Waals surface area contributed by atoms with Crippen molar-refractivity contribution in [2.75, 3.05) is 19.6 Å². The van der Waals surface area contributed by atoms with Gasteiger partial charge in [0, 0.05) is 18.7 Å². The predicted octanol–water partition coefficient (Wildman–Crippen LogP) is 3.00. The fraction of sp³-hybridized carbons (Fsp3) is 0.438. The molecular weight excluding hydrogens is 306 g/mol. The summed E-state index contributed by atoms with van der Waals surface area (Å²) in [4.78, 5) is 15.2. The third kappa shape index (κ3) is 2.40. The summed E-state index contributed by atoms with van der Waals surface area (Å²) < 4.78 is 27.3. The Balaban J connectivity index is 1.56. The second-order valence-electron chi connectivity index (χ2n) is 6.13. The van der Waals surface area contributed by atoms with Crippen molar-refractivity contribution in [3.63, 3.8) is 0 Å². The molecule has 0 saturated carbocycles. The number of rotatable bonds is 2. The number of nitrogens with zero attached hydrogens (tertiary/aromatic N) is 1. The Hall–Kier alpha value is -1.53. The lowest BCUT2D eigenvalue weighted by atomic mass is 9.84. The summed E-state index contributed by atoms with van der Waals surface area (Å²) in [5, 5.41) is 3.52. The van der Waals surface area contributed by atoms with Gasteiger partial charge in [-0.3, -0.25) is 4.79 Å². The first kappa shape index (κ1) is 14.1. The first-order valence-electron chi connectivity index (χ1n) is 7.52. The van der Waals surface area contributed by atoms with E-state index in [0.29, 0.717) is 20.9 Å². The van der Waals surface area contributed by atoms with Crippen LogP contribution in [0.4, 0.5) is 8.78 Å². The van der Waals surface area contributed by atoms with Crippen molar-refractivity contribution < 1.29 is 13.6 Å². The minimum atomic E-state index is -0.618. The molecule has 3 saturated heterocycles. The van der Waals surface area contributed by atoms with Crippen LogP contribution in [0.3, 0.4) is 0 Å². The monoisotopic (exact) mass is 322 g/mol. The van der Waals surface area contributed by atoms with Gasteiger partial charge in [0.25, 0.3) is 5.91 Å². The number of fused-ring (bicyclic) bond motifs is 4. The Morgan fingerprint density at radius 1 is 1.23 bits per heavy atom. The lowest BCUT2D eigenvalue weighted by Crippen LogP contribution is -2.57. The molecule has 1 aromatic heterocycles. The molecule has 2 bridgehead atoms. The van der Waals surface area contributed by atoms with Crippen molar-refractivity contribution in [1.29, 1.82) is 0 Å². The fourth-order valence-electron chi connectivity index (χ4n) is 3.56. The van der Waals surface area contributed by atoms with Gasteiger partial charge in [0.15, 0.2) is 0 Å². The third-order valence-electron chi connectivity index (χ3n) is 4.73. The maximum absolute atomic E-state index is 13.7. The molecule has 6 heteroatoms. The highest BCUT2D eigenvalue weighted by Gasteiger charge is 2.35. The van der Waals surface area contributed by atoms with Crippen molar-refractivity contribution in [2.45, 2.75) is 18.9 Å². The normalized spacial score (nSPS) is 27.3. The first-order valence-corrected chi connectivity index (χ1v) is 8.33. The maximum Gasteiger partial charge on any atom is 0.261 e. The SMILES string of the molecule is O=C(N[C@H]1CN2CCC1CC2)c1cc2cc(F)cc(F)c2s1. The van der Waals surface area contributed by atoms with Gasteiger partial charge in [-0.2, -0.15) is 0 Å². The number of piperidine rings is 3. The first-order chi connectivity index (χ1) is 10.6. The summed E-state index contributed by atoms with van der Waals surface area (Å²) in [6.07, 6.45) is 2.24. The van der Waals surface area contributed by atoms with E-state index in [1.807, 2.05) is 0 Å². The summed E-state index contributed by atoms with van der Waals surface area (Å²) in [6, 6.07) is 3.86. The van der Waals surface area contributed by atoms with Gasteiger partial charge in [0.05, 0.1) is 9.58 Å². The van der Waals surface area contributed by atoms with Crippen LogP contribution >= 0.6 is 11.3 Å². The average molecular weight is 322 g/mol. The zero-order valence-corrected chi connectivity index (χ0v) is 12.8. The quantitative estimate of drug-likeness (QED) is 0.922. The van der Waals surface area contributed by atoms with Crippen LogP contribution in [0.2, 0.25) is 0 Å². The van der Waals surface area contributed by atoms with Gasteiger partial charge >= 0.3 is 0 Å². The van der Waals surface area contributed by atoms with Crippen LogP contribution in [0.1, 0.15) is 22.5 Å². The van der Waals surface area contributed by atoms with Crippen molar-refractivity contribution in [2.24, 2.45) is 5.92 Å². The van der Waals surface area contributed by atoms with Crippen LogP contribution in [-0.4, -0.2) is 36.5 Å². The van der Waals surface area contributed by atoms with E-state index in [4.69, 9.17) is 0 Å². The molecule has 1 amide bonds. The van der Waals surface area contributed by atoms with E-state index in [1.54, 1.807) is 6.07 Å². The molecule has 116 valence electrons. The molecule has 3 fully saturated rings. The summed E-state index contributed by atoms with van der Waals surface area (Å²) >= 11 is 1.08. The summed E-state index contributed by atoms with van der Waals surface area (Å²) in [5.74, 6) is -0.869. The number of benzene rings is 1. The van der Waals surface area contributed by atoms with E-state index in [9.17, 15) is 13.6 Å². The van der Waals surface area contributed by atoms with Crippen molar-refractivity contribution in [3.8, 4) is 0 Å². The average Bonchev–Trinajstić information content (AvgIpc) is 2.93. The van der Waals surface area contributed by atoms with E-state index >= 15 is 0 Å². The van der Waals surface area contributed by atoms with Crippen LogP contribution in [0.15, 0.2) is 18.2 Å². The molecule has 4 heterocycles. The Morgan fingerprint density at radius 2 is 2.00 bits per heavy atom. The van der Waals surface area contributed by atoms with Crippen LogP contribution in [-0.2, 0) is 0 Å². The standard InChI is InChI=1S/C16H16F2N2OS/c17-11-5-10-6-14(22-15(10)12(18)7-11)16(21)19-13-8-20-3-1-9(13)2-4-20/h5-7,9,13H,1-4,8H2,(H,19,21)/t13-/m0/s1. The number of nitrogens with one attached hydrogen (secondary N) is 1. The number of amides is 1. The van der Waals surface area contributed by atoms with E-state index < -0.39 is 11.6 Å². The highest BCUT2D eigenvalue weighted by Crippen LogP contribution is 2.31. The Bertz CT molecular complexity index is 737. The number of hydrogen-bond donors (Lipinski definition) is 1. The van der Waals surface area contributed by atoms with E-state index in [2.05, 4.69) is 10.2 Å². The molecule has 1 N–H and O–H groups in total. The fourth-order valence-corrected chi connectivity index (χ4v) is 4.51. The molecular formula is C16H16F2N2OS. The van der Waals surface area contributed by atoms with Crippen molar-refractivity contribution in [1.82, 2.24) is 10.2 Å². The number of halogens is 2. The second kappa shape index (κ2) is 5.28. The number of thiophene rings is 1. The smallest absolute Gasteiger partial charge is 0.261 e. The van der Waals surface area contributed by atoms with Gasteiger partial charge in [-0.1, -0.05) is 0 Å². The minimum absolute atomic E-state index is 0.168. The van der Waals surface area contributed by atoms with Crippen LogP contribution in [0, 0.1) is 17.6 Å². The van der Waals surface area contributed by atoms with E-state index in [-0.39, 0.29) is 11.9 Å².